The molecule has 1 aromatic carbocycles. The Balaban J connectivity index is 2.28. The Bertz CT molecular complexity index is 519. The van der Waals surface area contributed by atoms with Crippen LogP contribution in [0, 0.1) is 3.57 Å². The first-order valence-electron chi connectivity index (χ1n) is 4.77. The Labute approximate surface area is 118 Å². The van der Waals surface area contributed by atoms with Crippen LogP contribution in [0.2, 0.25) is 5.02 Å². The minimum atomic E-state index is 0.506. The molecule has 1 N–H and O–H groups in total. The van der Waals surface area contributed by atoms with Gasteiger partial charge in [-0.25, -0.2) is 9.97 Å². The minimum Gasteiger partial charge on any atom is -0.495 e. The Morgan fingerprint density at radius 1 is 1.29 bits per heavy atom. The molecule has 0 atom stereocenters. The highest BCUT2D eigenvalue weighted by Crippen LogP contribution is 2.29. The number of rotatable bonds is 3. The number of nitrogens with one attached hydrogen (secondary N) is 1. The average Bonchev–Trinajstić information content (AvgIpc) is 2.32. The number of benzene rings is 1. The van der Waals surface area contributed by atoms with E-state index in [4.69, 9.17) is 16.3 Å². The Kier molecular flexibility index (Phi) is 4.01. The second-order valence-electron chi connectivity index (χ2n) is 3.19. The highest BCUT2D eigenvalue weighted by Gasteiger charge is 2.05. The molecule has 0 aliphatic heterocycles. The number of ether oxygens (including phenoxy) is 1. The molecule has 0 saturated carbocycles. The fourth-order valence-electron chi connectivity index (χ4n) is 1.28. The summed E-state index contributed by atoms with van der Waals surface area (Å²) in [4.78, 5) is 8.30. The van der Waals surface area contributed by atoms with Crippen LogP contribution in [0.3, 0.4) is 0 Å². The van der Waals surface area contributed by atoms with Gasteiger partial charge in [0.05, 0.1) is 12.8 Å². The molecule has 0 radical (unpaired) electrons. The van der Waals surface area contributed by atoms with Crippen molar-refractivity contribution < 1.29 is 4.74 Å². The van der Waals surface area contributed by atoms with Crippen LogP contribution in [-0.2, 0) is 0 Å². The number of nitrogens with zero attached hydrogens (tertiary/aromatic N) is 2. The number of hydrogen-bond acceptors (Lipinski definition) is 4. The van der Waals surface area contributed by atoms with Gasteiger partial charge in [-0.15, -0.1) is 0 Å². The maximum absolute atomic E-state index is 5.93. The fourth-order valence-corrected chi connectivity index (χ4v) is 1.73. The van der Waals surface area contributed by atoms with Crippen LogP contribution < -0.4 is 10.1 Å². The molecular weight excluding hydrogens is 352 g/mol. The lowest BCUT2D eigenvalue weighted by molar-refractivity contribution is 0.417. The zero-order valence-electron chi connectivity index (χ0n) is 8.95. The van der Waals surface area contributed by atoms with Crippen molar-refractivity contribution >= 4 is 45.8 Å². The summed E-state index contributed by atoms with van der Waals surface area (Å²) in [6, 6.07) is 5.32. The zero-order valence-corrected chi connectivity index (χ0v) is 11.9. The van der Waals surface area contributed by atoms with Gasteiger partial charge in [-0.1, -0.05) is 11.6 Å². The van der Waals surface area contributed by atoms with E-state index in [2.05, 4.69) is 37.9 Å². The molecule has 4 nitrogen and oxygen atoms in total. The minimum absolute atomic E-state index is 0.506. The number of aromatic nitrogens is 2. The summed E-state index contributed by atoms with van der Waals surface area (Å²) in [6.07, 6.45) is 3.46. The summed E-state index contributed by atoms with van der Waals surface area (Å²) in [5, 5.41) is 3.68. The molecule has 6 heteroatoms. The molecule has 2 rings (SSSR count). The van der Waals surface area contributed by atoms with Crippen LogP contribution in [-0.4, -0.2) is 17.1 Å². The lowest BCUT2D eigenvalue weighted by atomic mass is 10.3. The Morgan fingerprint density at radius 3 is 2.65 bits per heavy atom. The topological polar surface area (TPSA) is 47.0 Å². The molecule has 1 heterocycles. The summed E-state index contributed by atoms with van der Waals surface area (Å²) in [5.74, 6) is 1.20. The van der Waals surface area contributed by atoms with Crippen LogP contribution >= 0.6 is 34.2 Å². The van der Waals surface area contributed by atoms with E-state index in [1.807, 2.05) is 0 Å². The van der Waals surface area contributed by atoms with Crippen molar-refractivity contribution in [3.05, 3.63) is 39.2 Å². The number of halogens is 2. The van der Waals surface area contributed by atoms with Crippen LogP contribution in [0.1, 0.15) is 0 Å². The molecule has 0 aliphatic carbocycles. The Morgan fingerprint density at radius 2 is 2.00 bits per heavy atom. The molecule has 1 aromatic heterocycles. The molecule has 2 aromatic rings. The molecule has 0 amide bonds. The normalized spacial score (nSPS) is 10.1. The van der Waals surface area contributed by atoms with Gasteiger partial charge in [-0.05, 0) is 40.8 Å². The molecule has 0 unspecified atom stereocenters. The molecule has 88 valence electrons. The monoisotopic (exact) mass is 361 g/mol. The lowest BCUT2D eigenvalue weighted by Crippen LogP contribution is -1.99. The molecular formula is C11H9ClIN3O. The van der Waals surface area contributed by atoms with Crippen LogP contribution in [0.15, 0.2) is 30.6 Å². The highest BCUT2D eigenvalue weighted by atomic mass is 127. The lowest BCUT2D eigenvalue weighted by Gasteiger charge is -2.09. The summed E-state index contributed by atoms with van der Waals surface area (Å²) in [5.41, 5.74) is 0.737. The van der Waals surface area contributed by atoms with Crippen molar-refractivity contribution in [3.8, 4) is 5.75 Å². The van der Waals surface area contributed by atoms with Gasteiger partial charge in [-0.3, -0.25) is 0 Å². The van der Waals surface area contributed by atoms with Gasteiger partial charge >= 0.3 is 0 Å². The highest BCUT2D eigenvalue weighted by molar-refractivity contribution is 14.1. The molecule has 0 bridgehead atoms. The van der Waals surface area contributed by atoms with E-state index < -0.39 is 0 Å². The van der Waals surface area contributed by atoms with E-state index >= 15 is 0 Å². The first kappa shape index (κ1) is 12.4. The first-order valence-corrected chi connectivity index (χ1v) is 6.23. The van der Waals surface area contributed by atoms with E-state index in [1.54, 1.807) is 37.7 Å². The van der Waals surface area contributed by atoms with E-state index in [-0.39, 0.29) is 0 Å². The largest absolute Gasteiger partial charge is 0.495 e. The van der Waals surface area contributed by atoms with E-state index in [1.165, 1.54) is 0 Å². The molecule has 0 saturated heterocycles. The fraction of sp³-hybridized carbons (Fsp3) is 0.0909. The van der Waals surface area contributed by atoms with Crippen molar-refractivity contribution in [2.24, 2.45) is 0 Å². The average molecular weight is 362 g/mol. The first-order chi connectivity index (χ1) is 8.19. The number of methoxy groups -OCH3 is 1. The molecule has 0 spiro atoms. The zero-order chi connectivity index (χ0) is 12.3. The molecule has 17 heavy (non-hydrogen) atoms. The van der Waals surface area contributed by atoms with Gasteiger partial charge in [0.15, 0.2) is 0 Å². The number of hydrogen-bond donors (Lipinski definition) is 1. The van der Waals surface area contributed by atoms with Gasteiger partial charge in [0, 0.05) is 21.0 Å². The smallest absolute Gasteiger partial charge is 0.227 e. The quantitative estimate of drug-likeness (QED) is 0.850. The van der Waals surface area contributed by atoms with Crippen molar-refractivity contribution in [2.75, 3.05) is 12.4 Å². The second-order valence-corrected chi connectivity index (χ2v) is 4.88. The summed E-state index contributed by atoms with van der Waals surface area (Å²) in [7, 11) is 1.60. The van der Waals surface area contributed by atoms with Crippen molar-refractivity contribution in [1.29, 1.82) is 0 Å². The van der Waals surface area contributed by atoms with Gasteiger partial charge in [-0.2, -0.15) is 0 Å². The van der Waals surface area contributed by atoms with Crippen LogP contribution in [0.5, 0.6) is 5.75 Å². The van der Waals surface area contributed by atoms with Crippen molar-refractivity contribution in [3.63, 3.8) is 0 Å². The van der Waals surface area contributed by atoms with Crippen LogP contribution in [0.25, 0.3) is 0 Å². The van der Waals surface area contributed by atoms with Crippen molar-refractivity contribution in [2.45, 2.75) is 0 Å². The van der Waals surface area contributed by atoms with E-state index in [9.17, 15) is 0 Å². The van der Waals surface area contributed by atoms with Crippen LogP contribution in [0.4, 0.5) is 11.6 Å². The van der Waals surface area contributed by atoms with Gasteiger partial charge in [0.25, 0.3) is 0 Å². The third-order valence-electron chi connectivity index (χ3n) is 2.03. The third kappa shape index (κ3) is 3.19. The Hall–Kier alpha value is -1.08. The number of anilines is 2. The molecule has 0 aliphatic rings. The van der Waals surface area contributed by atoms with Gasteiger partial charge in [0.2, 0.25) is 5.95 Å². The predicted molar refractivity (Wildman–Crippen MR) is 76.0 cm³/mol. The third-order valence-corrected chi connectivity index (χ3v) is 2.82. The van der Waals surface area contributed by atoms with Crippen molar-refractivity contribution in [1.82, 2.24) is 9.97 Å². The summed E-state index contributed by atoms with van der Waals surface area (Å²) in [6.45, 7) is 0. The maximum atomic E-state index is 5.93. The standard InChI is InChI=1S/C11H9ClIN3O/c1-17-10-3-2-7(12)4-9(10)16-11-14-5-8(13)6-15-11/h2-6H,1H3,(H,14,15,16). The second kappa shape index (κ2) is 5.50. The maximum Gasteiger partial charge on any atom is 0.227 e. The SMILES string of the molecule is COc1ccc(Cl)cc1Nc1ncc(I)cn1. The summed E-state index contributed by atoms with van der Waals surface area (Å²) >= 11 is 8.08. The summed E-state index contributed by atoms with van der Waals surface area (Å²) < 4.78 is 6.20. The van der Waals surface area contributed by atoms with Gasteiger partial charge in [0.1, 0.15) is 5.75 Å². The van der Waals surface area contributed by atoms with E-state index in [0.29, 0.717) is 16.7 Å². The van der Waals surface area contributed by atoms with E-state index in [0.717, 1.165) is 9.26 Å². The van der Waals surface area contributed by atoms with Gasteiger partial charge < -0.3 is 10.1 Å². The predicted octanol–water partition coefficient (Wildman–Crippen LogP) is 3.49. The molecule has 0 fully saturated rings.